The van der Waals surface area contributed by atoms with Gasteiger partial charge in [-0.2, -0.15) is 0 Å². The molecular formula is C20H17N3O2S2. The highest BCUT2D eigenvalue weighted by molar-refractivity contribution is 8.00. The fraction of sp³-hybridized carbons (Fsp3) is 0.150. The lowest BCUT2D eigenvalue weighted by molar-refractivity contribution is -0.127. The Kier molecular flexibility index (Phi) is 4.96. The smallest absolute Gasteiger partial charge is 0.268 e. The highest BCUT2D eigenvalue weighted by Crippen LogP contribution is 2.24. The molecule has 1 amide bonds. The molecule has 0 aliphatic carbocycles. The van der Waals surface area contributed by atoms with Crippen LogP contribution in [0.2, 0.25) is 0 Å². The SMILES string of the molecule is CN(Cc1nc2ccsc2c(=O)[nH]1)C(=O)CSc1ccc2ccccc2c1. The van der Waals surface area contributed by atoms with Crippen molar-refractivity contribution in [1.29, 1.82) is 0 Å². The van der Waals surface area contributed by atoms with Gasteiger partial charge in [-0.3, -0.25) is 9.59 Å². The summed E-state index contributed by atoms with van der Waals surface area (Å²) in [6.07, 6.45) is 0. The van der Waals surface area contributed by atoms with Crippen molar-refractivity contribution in [3.05, 3.63) is 70.1 Å². The molecule has 0 aliphatic heterocycles. The van der Waals surface area contributed by atoms with Crippen molar-refractivity contribution in [3.8, 4) is 0 Å². The topological polar surface area (TPSA) is 66.1 Å². The molecule has 2 aromatic heterocycles. The Hall–Kier alpha value is -2.64. The van der Waals surface area contributed by atoms with Gasteiger partial charge in [-0.05, 0) is 34.4 Å². The summed E-state index contributed by atoms with van der Waals surface area (Å²) in [5.41, 5.74) is 0.515. The first-order valence-corrected chi connectivity index (χ1v) is 10.3. The van der Waals surface area contributed by atoms with E-state index >= 15 is 0 Å². The number of thioether (sulfide) groups is 1. The second-order valence-electron chi connectivity index (χ2n) is 6.20. The van der Waals surface area contributed by atoms with Gasteiger partial charge in [0, 0.05) is 11.9 Å². The molecule has 4 aromatic rings. The Balaban J connectivity index is 1.41. The number of hydrogen-bond donors (Lipinski definition) is 1. The van der Waals surface area contributed by atoms with Crippen molar-refractivity contribution >= 4 is 50.0 Å². The van der Waals surface area contributed by atoms with Gasteiger partial charge >= 0.3 is 0 Å². The number of nitrogens with one attached hydrogen (secondary N) is 1. The van der Waals surface area contributed by atoms with Gasteiger partial charge in [-0.15, -0.1) is 23.1 Å². The summed E-state index contributed by atoms with van der Waals surface area (Å²) in [6.45, 7) is 0.276. The van der Waals surface area contributed by atoms with Crippen molar-refractivity contribution in [1.82, 2.24) is 14.9 Å². The van der Waals surface area contributed by atoms with Crippen molar-refractivity contribution in [2.45, 2.75) is 11.4 Å². The summed E-state index contributed by atoms with van der Waals surface area (Å²) >= 11 is 2.87. The molecule has 7 heteroatoms. The van der Waals surface area contributed by atoms with E-state index in [1.165, 1.54) is 28.5 Å². The third-order valence-electron chi connectivity index (χ3n) is 4.26. The van der Waals surface area contributed by atoms with E-state index in [1.54, 1.807) is 11.9 Å². The summed E-state index contributed by atoms with van der Waals surface area (Å²) in [5, 5.41) is 4.18. The maximum absolute atomic E-state index is 12.5. The average molecular weight is 396 g/mol. The Morgan fingerprint density at radius 3 is 2.85 bits per heavy atom. The molecule has 2 aromatic carbocycles. The van der Waals surface area contributed by atoms with Crippen LogP contribution in [0.5, 0.6) is 0 Å². The maximum atomic E-state index is 12.5. The summed E-state index contributed by atoms with van der Waals surface area (Å²) < 4.78 is 0.611. The van der Waals surface area contributed by atoms with Crippen molar-refractivity contribution in [2.75, 3.05) is 12.8 Å². The zero-order valence-electron chi connectivity index (χ0n) is 14.6. The van der Waals surface area contributed by atoms with Crippen molar-refractivity contribution < 1.29 is 4.79 Å². The van der Waals surface area contributed by atoms with Crippen LogP contribution in [0.4, 0.5) is 0 Å². The lowest BCUT2D eigenvalue weighted by Crippen LogP contribution is -2.29. The fourth-order valence-electron chi connectivity index (χ4n) is 2.82. The number of aromatic nitrogens is 2. The summed E-state index contributed by atoms with van der Waals surface area (Å²) in [7, 11) is 1.72. The minimum absolute atomic E-state index is 0.0128. The molecule has 4 rings (SSSR count). The molecule has 0 radical (unpaired) electrons. The van der Waals surface area contributed by atoms with E-state index < -0.39 is 0 Å². The number of carbonyl (C=O) groups excluding carboxylic acids is 1. The van der Waals surface area contributed by atoms with E-state index in [0.29, 0.717) is 21.8 Å². The summed E-state index contributed by atoms with van der Waals surface area (Å²) in [6, 6.07) is 16.2. The first-order valence-electron chi connectivity index (χ1n) is 8.42. The van der Waals surface area contributed by atoms with Gasteiger partial charge in [0.15, 0.2) is 0 Å². The second kappa shape index (κ2) is 7.54. The first kappa shape index (κ1) is 17.8. The predicted octanol–water partition coefficient (Wildman–Crippen LogP) is 3.89. The molecule has 0 spiro atoms. The van der Waals surface area contributed by atoms with Crippen LogP contribution in [-0.2, 0) is 11.3 Å². The molecule has 0 fully saturated rings. The van der Waals surface area contributed by atoms with Gasteiger partial charge in [0.2, 0.25) is 5.91 Å². The lowest BCUT2D eigenvalue weighted by atomic mass is 10.1. The summed E-state index contributed by atoms with van der Waals surface area (Å²) in [4.78, 5) is 34.3. The number of thiophene rings is 1. The van der Waals surface area contributed by atoms with E-state index in [0.717, 1.165) is 10.3 Å². The van der Waals surface area contributed by atoms with Gasteiger partial charge < -0.3 is 9.88 Å². The molecule has 0 aliphatic rings. The molecule has 0 saturated carbocycles. The maximum Gasteiger partial charge on any atom is 0.268 e. The molecular weight excluding hydrogens is 378 g/mol. The normalized spacial score (nSPS) is 11.1. The fourth-order valence-corrected chi connectivity index (χ4v) is 4.43. The number of aromatic amines is 1. The minimum Gasteiger partial charge on any atom is -0.338 e. The number of amides is 1. The first-order chi connectivity index (χ1) is 13.1. The summed E-state index contributed by atoms with van der Waals surface area (Å²) in [5.74, 6) is 0.818. The number of H-pyrrole nitrogens is 1. The van der Waals surface area contributed by atoms with E-state index in [1.807, 2.05) is 29.6 Å². The van der Waals surface area contributed by atoms with Crippen molar-refractivity contribution in [2.24, 2.45) is 0 Å². The van der Waals surface area contributed by atoms with Gasteiger partial charge in [-0.1, -0.05) is 30.3 Å². The van der Waals surface area contributed by atoms with Crippen LogP contribution in [0.25, 0.3) is 21.0 Å². The highest BCUT2D eigenvalue weighted by atomic mass is 32.2. The van der Waals surface area contributed by atoms with E-state index in [-0.39, 0.29) is 18.0 Å². The van der Waals surface area contributed by atoms with Crippen LogP contribution in [0, 0.1) is 0 Å². The Labute approximate surface area is 164 Å². The van der Waals surface area contributed by atoms with Crippen LogP contribution in [0.1, 0.15) is 5.82 Å². The van der Waals surface area contributed by atoms with E-state index in [9.17, 15) is 9.59 Å². The average Bonchev–Trinajstić information content (AvgIpc) is 3.15. The van der Waals surface area contributed by atoms with Gasteiger partial charge in [0.05, 0.1) is 17.8 Å². The number of fused-ring (bicyclic) bond motifs is 2. The number of carbonyl (C=O) groups is 1. The van der Waals surface area contributed by atoms with Crippen LogP contribution >= 0.6 is 23.1 Å². The van der Waals surface area contributed by atoms with Gasteiger partial charge in [0.25, 0.3) is 5.56 Å². The van der Waals surface area contributed by atoms with Crippen LogP contribution in [0.3, 0.4) is 0 Å². The van der Waals surface area contributed by atoms with E-state index in [2.05, 4.69) is 34.2 Å². The second-order valence-corrected chi connectivity index (χ2v) is 8.16. The van der Waals surface area contributed by atoms with E-state index in [4.69, 9.17) is 0 Å². The zero-order valence-corrected chi connectivity index (χ0v) is 16.3. The molecule has 0 atom stereocenters. The van der Waals surface area contributed by atoms with Crippen LogP contribution in [0.15, 0.2) is 63.6 Å². The molecule has 0 unspecified atom stereocenters. The monoisotopic (exact) mass is 395 g/mol. The van der Waals surface area contributed by atoms with Crippen LogP contribution < -0.4 is 5.56 Å². The number of benzene rings is 2. The number of rotatable bonds is 5. The molecule has 0 saturated heterocycles. The quantitative estimate of drug-likeness (QED) is 0.521. The number of hydrogen-bond acceptors (Lipinski definition) is 5. The lowest BCUT2D eigenvalue weighted by Gasteiger charge is -2.16. The Morgan fingerprint density at radius 1 is 1.19 bits per heavy atom. The predicted molar refractivity (Wildman–Crippen MR) is 111 cm³/mol. The Morgan fingerprint density at radius 2 is 2.00 bits per heavy atom. The largest absolute Gasteiger partial charge is 0.338 e. The zero-order chi connectivity index (χ0) is 18.8. The highest BCUT2D eigenvalue weighted by Gasteiger charge is 2.13. The third kappa shape index (κ3) is 3.89. The molecule has 0 bridgehead atoms. The molecule has 2 heterocycles. The van der Waals surface area contributed by atoms with Crippen LogP contribution in [-0.4, -0.2) is 33.6 Å². The minimum atomic E-state index is -0.156. The number of nitrogens with zero attached hydrogens (tertiary/aromatic N) is 2. The van der Waals surface area contributed by atoms with Gasteiger partial charge in [0.1, 0.15) is 10.5 Å². The Bertz CT molecular complexity index is 1180. The van der Waals surface area contributed by atoms with Gasteiger partial charge in [-0.25, -0.2) is 4.98 Å². The van der Waals surface area contributed by atoms with Crippen molar-refractivity contribution in [3.63, 3.8) is 0 Å². The molecule has 1 N–H and O–H groups in total. The molecule has 5 nitrogen and oxygen atoms in total. The standard InChI is InChI=1S/C20H17N3O2S2/c1-23(11-17-21-16-8-9-26-19(16)20(25)22-17)18(24)12-27-15-7-6-13-4-2-3-5-14(13)10-15/h2-10H,11-12H2,1H3,(H,21,22,25). The molecule has 136 valence electrons. The molecule has 27 heavy (non-hydrogen) atoms. The third-order valence-corrected chi connectivity index (χ3v) is 6.14.